The maximum Gasteiger partial charge on any atom is 0.316 e. The van der Waals surface area contributed by atoms with Gasteiger partial charge in [0, 0.05) is 22.4 Å². The van der Waals surface area contributed by atoms with Crippen LogP contribution in [0.5, 0.6) is 0 Å². The van der Waals surface area contributed by atoms with Gasteiger partial charge >= 0.3 is 6.03 Å². The van der Waals surface area contributed by atoms with Gasteiger partial charge in [-0.25, -0.2) is 4.79 Å². The van der Waals surface area contributed by atoms with E-state index in [1.165, 1.54) is 0 Å². The fraction of sp³-hybridized carbons (Fsp3) is 0.105. The highest BCUT2D eigenvalue weighted by Crippen LogP contribution is 2.34. The van der Waals surface area contributed by atoms with Crippen LogP contribution in [0.4, 0.5) is 4.79 Å². The largest absolute Gasteiger partial charge is 0.357 e. The van der Waals surface area contributed by atoms with Crippen LogP contribution < -0.4 is 10.6 Å². The number of carbonyl (C=O) groups is 1. The molecule has 5 rings (SSSR count). The number of urea groups is 1. The maximum atomic E-state index is 12.0. The Morgan fingerprint density at radius 2 is 1.12 bits per heavy atom. The van der Waals surface area contributed by atoms with E-state index in [0.29, 0.717) is 0 Å². The molecule has 0 aliphatic carbocycles. The van der Waals surface area contributed by atoms with Crippen LogP contribution in [0.15, 0.2) is 60.7 Å². The number of amides is 2. The number of hydrogen-bond donors (Lipinski definition) is 4. The van der Waals surface area contributed by atoms with Gasteiger partial charge in [0.05, 0.1) is 12.1 Å². The monoisotopic (exact) mass is 316 g/mol. The topological polar surface area (TPSA) is 72.7 Å². The molecule has 2 aromatic carbocycles. The smallest absolute Gasteiger partial charge is 0.316 e. The van der Waals surface area contributed by atoms with Gasteiger partial charge in [0.25, 0.3) is 0 Å². The van der Waals surface area contributed by atoms with Crippen LogP contribution in [-0.4, -0.2) is 16.0 Å². The molecule has 24 heavy (non-hydrogen) atoms. The zero-order valence-electron chi connectivity index (χ0n) is 12.8. The van der Waals surface area contributed by atoms with E-state index in [9.17, 15) is 4.79 Å². The van der Waals surface area contributed by atoms with Crippen molar-refractivity contribution in [3.8, 4) is 0 Å². The molecule has 0 saturated carbocycles. The van der Waals surface area contributed by atoms with Crippen molar-refractivity contribution in [2.75, 3.05) is 0 Å². The van der Waals surface area contributed by atoms with E-state index >= 15 is 0 Å². The highest BCUT2D eigenvalue weighted by Gasteiger charge is 2.35. The molecule has 1 saturated heterocycles. The summed E-state index contributed by atoms with van der Waals surface area (Å²) < 4.78 is 0. The highest BCUT2D eigenvalue weighted by molar-refractivity contribution is 5.84. The lowest BCUT2D eigenvalue weighted by Crippen LogP contribution is -2.22. The summed E-state index contributed by atoms with van der Waals surface area (Å²) in [5, 5.41) is 8.33. The first-order valence-corrected chi connectivity index (χ1v) is 8.00. The number of fused-ring (bicyclic) bond motifs is 2. The Balaban J connectivity index is 1.59. The Bertz CT molecular complexity index is 911. The Morgan fingerprint density at radius 3 is 1.58 bits per heavy atom. The third-order valence-electron chi connectivity index (χ3n) is 4.68. The third-order valence-corrected chi connectivity index (χ3v) is 4.68. The summed E-state index contributed by atoms with van der Waals surface area (Å²) in [6.45, 7) is 0. The van der Waals surface area contributed by atoms with Gasteiger partial charge in [-0.15, -0.1) is 0 Å². The van der Waals surface area contributed by atoms with E-state index in [0.717, 1.165) is 33.2 Å². The summed E-state index contributed by atoms with van der Waals surface area (Å²) in [5.41, 5.74) is 4.14. The van der Waals surface area contributed by atoms with Crippen molar-refractivity contribution in [1.82, 2.24) is 20.6 Å². The molecule has 4 N–H and O–H groups in total. The van der Waals surface area contributed by atoms with E-state index < -0.39 is 0 Å². The normalized spacial score (nSPS) is 20.4. The van der Waals surface area contributed by atoms with Gasteiger partial charge < -0.3 is 20.6 Å². The summed E-state index contributed by atoms with van der Waals surface area (Å²) in [4.78, 5) is 18.8. The lowest BCUT2D eigenvalue weighted by atomic mass is 10.0. The van der Waals surface area contributed by atoms with Crippen molar-refractivity contribution >= 4 is 27.8 Å². The maximum absolute atomic E-state index is 12.0. The second-order valence-electron chi connectivity index (χ2n) is 6.20. The van der Waals surface area contributed by atoms with Crippen molar-refractivity contribution < 1.29 is 4.79 Å². The quantitative estimate of drug-likeness (QED) is 0.447. The summed E-state index contributed by atoms with van der Waals surface area (Å²) in [6, 6.07) is 20.0. The predicted octanol–water partition coefficient (Wildman–Crippen LogP) is 3.74. The fourth-order valence-corrected chi connectivity index (χ4v) is 3.53. The molecule has 2 amide bonds. The average Bonchev–Trinajstić information content (AvgIpc) is 3.29. The number of rotatable bonds is 2. The molecular weight excluding hydrogens is 300 g/mol. The van der Waals surface area contributed by atoms with Crippen LogP contribution in [0, 0.1) is 0 Å². The van der Waals surface area contributed by atoms with Crippen LogP contribution >= 0.6 is 0 Å². The van der Waals surface area contributed by atoms with Crippen LogP contribution in [0.2, 0.25) is 0 Å². The lowest BCUT2D eigenvalue weighted by Gasteiger charge is -2.16. The standard InChI is InChI=1S/C19H16N4O/c24-19-22-17(15-9-11-5-1-3-7-13(11)20-15)18(23-19)16-10-12-6-2-4-8-14(12)21-16/h1-10,17-18,20-21H,(H2,22,23,24). The van der Waals surface area contributed by atoms with Crippen LogP contribution in [0.1, 0.15) is 23.5 Å². The molecule has 5 heteroatoms. The van der Waals surface area contributed by atoms with Crippen LogP contribution in [0.3, 0.4) is 0 Å². The molecule has 2 atom stereocenters. The SMILES string of the molecule is O=C1NC(c2cc3ccccc3[nH]2)C(c2cc3ccccc3[nH]2)N1. The number of hydrogen-bond acceptors (Lipinski definition) is 1. The molecule has 3 heterocycles. The molecule has 1 aliphatic heterocycles. The van der Waals surface area contributed by atoms with Crippen LogP contribution in [0.25, 0.3) is 21.8 Å². The van der Waals surface area contributed by atoms with Gasteiger partial charge in [-0.3, -0.25) is 0 Å². The van der Waals surface area contributed by atoms with E-state index in [-0.39, 0.29) is 18.1 Å². The summed E-state index contributed by atoms with van der Waals surface area (Å²) in [7, 11) is 0. The molecule has 5 nitrogen and oxygen atoms in total. The highest BCUT2D eigenvalue weighted by atomic mass is 16.2. The first kappa shape index (κ1) is 13.2. The molecule has 4 aromatic rings. The molecule has 2 unspecified atom stereocenters. The number of H-pyrrole nitrogens is 2. The minimum absolute atomic E-state index is 0.141. The van der Waals surface area contributed by atoms with Gasteiger partial charge in [0.15, 0.2) is 0 Å². The Hall–Kier alpha value is -3.21. The van der Waals surface area contributed by atoms with Crippen molar-refractivity contribution in [2.45, 2.75) is 12.1 Å². The van der Waals surface area contributed by atoms with Crippen molar-refractivity contribution in [1.29, 1.82) is 0 Å². The molecule has 118 valence electrons. The average molecular weight is 316 g/mol. The molecule has 0 spiro atoms. The minimum atomic E-state index is -0.151. The molecule has 1 fully saturated rings. The zero-order chi connectivity index (χ0) is 16.1. The van der Waals surface area contributed by atoms with Crippen molar-refractivity contribution in [3.05, 3.63) is 72.1 Å². The number of aromatic amines is 2. The van der Waals surface area contributed by atoms with Crippen LogP contribution in [-0.2, 0) is 0 Å². The molecule has 1 aliphatic rings. The van der Waals surface area contributed by atoms with E-state index in [1.54, 1.807) is 0 Å². The Morgan fingerprint density at radius 1 is 0.667 bits per heavy atom. The number of carbonyl (C=O) groups excluding carboxylic acids is 1. The Labute approximate surface area is 138 Å². The van der Waals surface area contributed by atoms with Gasteiger partial charge in [-0.05, 0) is 35.0 Å². The second kappa shape index (κ2) is 4.89. The van der Waals surface area contributed by atoms with Crippen molar-refractivity contribution in [3.63, 3.8) is 0 Å². The molecule has 2 aromatic heterocycles. The molecule has 0 radical (unpaired) electrons. The van der Waals surface area contributed by atoms with E-state index in [4.69, 9.17) is 0 Å². The van der Waals surface area contributed by atoms with Gasteiger partial charge in [0.2, 0.25) is 0 Å². The van der Waals surface area contributed by atoms with Crippen molar-refractivity contribution in [2.24, 2.45) is 0 Å². The molecular formula is C19H16N4O. The summed E-state index contributed by atoms with van der Waals surface area (Å²) in [5.74, 6) is 0. The zero-order valence-corrected chi connectivity index (χ0v) is 12.8. The minimum Gasteiger partial charge on any atom is -0.357 e. The Kier molecular flexibility index (Phi) is 2.70. The second-order valence-corrected chi connectivity index (χ2v) is 6.20. The van der Waals surface area contributed by atoms with Gasteiger partial charge in [-0.2, -0.15) is 0 Å². The number of benzene rings is 2. The van der Waals surface area contributed by atoms with E-state index in [1.807, 2.05) is 36.4 Å². The molecule has 0 bridgehead atoms. The summed E-state index contributed by atoms with van der Waals surface area (Å²) in [6.07, 6.45) is 0. The van der Waals surface area contributed by atoms with Gasteiger partial charge in [0.1, 0.15) is 0 Å². The first-order valence-electron chi connectivity index (χ1n) is 8.00. The summed E-state index contributed by atoms with van der Waals surface area (Å²) >= 11 is 0. The van der Waals surface area contributed by atoms with E-state index in [2.05, 4.69) is 44.9 Å². The third kappa shape index (κ3) is 1.98. The fourth-order valence-electron chi connectivity index (χ4n) is 3.53. The predicted molar refractivity (Wildman–Crippen MR) is 93.7 cm³/mol. The number of para-hydroxylation sites is 2. The number of aromatic nitrogens is 2. The first-order chi connectivity index (χ1) is 11.8. The number of nitrogens with one attached hydrogen (secondary N) is 4. The van der Waals surface area contributed by atoms with Gasteiger partial charge in [-0.1, -0.05) is 36.4 Å². The lowest BCUT2D eigenvalue weighted by molar-refractivity contribution is 0.247.